The maximum atomic E-state index is 12.6. The maximum absolute atomic E-state index is 12.6. The van der Waals surface area contributed by atoms with Crippen molar-refractivity contribution in [1.29, 1.82) is 0 Å². The van der Waals surface area contributed by atoms with E-state index in [1.807, 2.05) is 26.0 Å². The number of sulfonamides is 1. The molecule has 0 atom stereocenters. The van der Waals surface area contributed by atoms with Crippen LogP contribution in [0.25, 0.3) is 0 Å². The van der Waals surface area contributed by atoms with Crippen molar-refractivity contribution in [3.8, 4) is 0 Å². The third-order valence-corrected chi connectivity index (χ3v) is 5.93. The van der Waals surface area contributed by atoms with E-state index in [-0.39, 0.29) is 5.54 Å². The number of benzene rings is 1. The lowest BCUT2D eigenvalue weighted by molar-refractivity contribution is -0.954. The molecule has 1 aromatic rings. The van der Waals surface area contributed by atoms with Gasteiger partial charge in [-0.3, -0.25) is 0 Å². The summed E-state index contributed by atoms with van der Waals surface area (Å²) in [4.78, 5) is 1.75. The maximum Gasteiger partial charge on any atom is 0.241 e. The van der Waals surface area contributed by atoms with E-state index in [9.17, 15) is 8.42 Å². The minimum absolute atomic E-state index is 0.158. The van der Waals surface area contributed by atoms with Gasteiger partial charge in [-0.2, -0.15) is 0 Å². The first-order chi connectivity index (χ1) is 10.2. The quantitative estimate of drug-likeness (QED) is 0.816. The van der Waals surface area contributed by atoms with Crippen molar-refractivity contribution in [3.63, 3.8) is 0 Å². The Morgan fingerprint density at radius 2 is 1.86 bits per heavy atom. The standard InChI is InChI=1S/C16H26N2O3S/c1-13-5-6-14(2)15(11-13)22(19,20)17-12-16(3,4)18-7-9-21-10-8-18/h5-6,11,17H,7-10,12H2,1-4H3/p+1. The SMILES string of the molecule is Cc1ccc(C)c(S(=O)(=O)NCC(C)(C)[NH+]2CCOCC2)c1. The molecular formula is C16H27N2O3S+. The van der Waals surface area contributed by atoms with Gasteiger partial charge in [-0.15, -0.1) is 0 Å². The third-order valence-electron chi connectivity index (χ3n) is 4.39. The van der Waals surface area contributed by atoms with Crippen LogP contribution in [0.3, 0.4) is 0 Å². The fraction of sp³-hybridized carbons (Fsp3) is 0.625. The van der Waals surface area contributed by atoms with Gasteiger partial charge in [0.25, 0.3) is 0 Å². The molecule has 22 heavy (non-hydrogen) atoms. The lowest BCUT2D eigenvalue weighted by Crippen LogP contribution is -3.22. The van der Waals surface area contributed by atoms with Crippen molar-refractivity contribution in [3.05, 3.63) is 29.3 Å². The number of hydrogen-bond acceptors (Lipinski definition) is 3. The van der Waals surface area contributed by atoms with Crippen molar-refractivity contribution in [2.45, 2.75) is 38.1 Å². The Kier molecular flexibility index (Phi) is 5.27. The summed E-state index contributed by atoms with van der Waals surface area (Å²) < 4.78 is 33.3. The number of ether oxygens (including phenoxy) is 1. The summed E-state index contributed by atoms with van der Waals surface area (Å²) in [5, 5.41) is 0. The third kappa shape index (κ3) is 4.07. The Bertz CT molecular complexity index is 620. The molecule has 0 aliphatic carbocycles. The number of quaternary nitrogens is 1. The summed E-state index contributed by atoms with van der Waals surface area (Å²) in [5.41, 5.74) is 1.56. The van der Waals surface area contributed by atoms with Crippen molar-refractivity contribution in [2.24, 2.45) is 0 Å². The molecule has 0 radical (unpaired) electrons. The second-order valence-electron chi connectivity index (χ2n) is 6.69. The topological polar surface area (TPSA) is 59.8 Å². The average molecular weight is 327 g/mol. The lowest BCUT2D eigenvalue weighted by atomic mass is 10.0. The zero-order chi connectivity index (χ0) is 16.4. The minimum Gasteiger partial charge on any atom is -0.370 e. The molecule has 0 aromatic heterocycles. The molecule has 0 amide bonds. The molecule has 1 saturated heterocycles. The summed E-state index contributed by atoms with van der Waals surface area (Å²) in [6.45, 7) is 11.6. The molecule has 1 aliphatic heterocycles. The Morgan fingerprint density at radius 3 is 2.50 bits per heavy atom. The van der Waals surface area contributed by atoms with Gasteiger partial charge in [-0.1, -0.05) is 12.1 Å². The van der Waals surface area contributed by atoms with Crippen molar-refractivity contribution in [1.82, 2.24) is 4.72 Å². The molecule has 2 N–H and O–H groups in total. The monoisotopic (exact) mass is 327 g/mol. The van der Waals surface area contributed by atoms with Gasteiger partial charge in [0.1, 0.15) is 18.6 Å². The predicted molar refractivity (Wildman–Crippen MR) is 86.7 cm³/mol. The highest BCUT2D eigenvalue weighted by molar-refractivity contribution is 7.89. The van der Waals surface area contributed by atoms with E-state index >= 15 is 0 Å². The van der Waals surface area contributed by atoms with Gasteiger partial charge in [0, 0.05) is 0 Å². The van der Waals surface area contributed by atoms with Crippen molar-refractivity contribution < 1.29 is 18.1 Å². The van der Waals surface area contributed by atoms with Gasteiger partial charge in [0.15, 0.2) is 0 Å². The van der Waals surface area contributed by atoms with Crippen LogP contribution in [0.2, 0.25) is 0 Å². The fourth-order valence-electron chi connectivity index (χ4n) is 2.77. The van der Waals surface area contributed by atoms with Crippen LogP contribution in [0.1, 0.15) is 25.0 Å². The normalized spacial score (nSPS) is 17.6. The van der Waals surface area contributed by atoms with Gasteiger partial charge >= 0.3 is 0 Å². The van der Waals surface area contributed by atoms with Gasteiger partial charge in [-0.25, -0.2) is 13.1 Å². The average Bonchev–Trinajstić information content (AvgIpc) is 2.49. The summed E-state index contributed by atoms with van der Waals surface area (Å²) in [6, 6.07) is 5.50. The molecule has 0 bridgehead atoms. The molecule has 5 nitrogen and oxygen atoms in total. The molecule has 1 heterocycles. The number of nitrogens with one attached hydrogen (secondary N) is 2. The molecule has 124 valence electrons. The Hall–Kier alpha value is -0.950. The van der Waals surface area contributed by atoms with Crippen LogP contribution >= 0.6 is 0 Å². The highest BCUT2D eigenvalue weighted by Crippen LogP contribution is 2.16. The summed E-state index contributed by atoms with van der Waals surface area (Å²) >= 11 is 0. The van der Waals surface area contributed by atoms with Crippen LogP contribution in [-0.2, 0) is 14.8 Å². The highest BCUT2D eigenvalue weighted by Gasteiger charge is 2.33. The second-order valence-corrected chi connectivity index (χ2v) is 8.43. The summed E-state index contributed by atoms with van der Waals surface area (Å²) in [6.07, 6.45) is 0. The molecular weight excluding hydrogens is 300 g/mol. The van der Waals surface area contributed by atoms with Gasteiger partial charge < -0.3 is 9.64 Å². The van der Waals surface area contributed by atoms with E-state index in [2.05, 4.69) is 18.6 Å². The van der Waals surface area contributed by atoms with E-state index in [0.717, 1.165) is 37.4 Å². The van der Waals surface area contributed by atoms with Gasteiger partial charge in [0.05, 0.1) is 24.7 Å². The van der Waals surface area contributed by atoms with E-state index in [4.69, 9.17) is 4.74 Å². The first kappa shape index (κ1) is 17.4. The molecule has 1 aromatic carbocycles. The van der Waals surface area contributed by atoms with Crippen LogP contribution < -0.4 is 9.62 Å². The Morgan fingerprint density at radius 1 is 1.23 bits per heavy atom. The number of hydrogen-bond donors (Lipinski definition) is 2. The number of morpholine rings is 1. The fourth-order valence-corrected chi connectivity index (χ4v) is 4.31. The van der Waals surface area contributed by atoms with Crippen LogP contribution in [0.4, 0.5) is 0 Å². The Balaban J connectivity index is 2.10. The second kappa shape index (κ2) is 6.66. The summed E-state index contributed by atoms with van der Waals surface area (Å²) in [7, 11) is -3.48. The number of aryl methyl sites for hydroxylation is 2. The first-order valence-corrected chi connectivity index (χ1v) is 9.20. The van der Waals surface area contributed by atoms with Gasteiger partial charge in [0.2, 0.25) is 10.0 Å². The van der Waals surface area contributed by atoms with Gasteiger partial charge in [-0.05, 0) is 44.9 Å². The van der Waals surface area contributed by atoms with Crippen LogP contribution in [0, 0.1) is 13.8 Å². The molecule has 0 unspecified atom stereocenters. The largest absolute Gasteiger partial charge is 0.370 e. The van der Waals surface area contributed by atoms with Crippen LogP contribution in [0.5, 0.6) is 0 Å². The zero-order valence-corrected chi connectivity index (χ0v) is 14.7. The molecule has 0 spiro atoms. The lowest BCUT2D eigenvalue weighted by Gasteiger charge is -2.37. The van der Waals surface area contributed by atoms with Crippen LogP contribution in [0.15, 0.2) is 23.1 Å². The highest BCUT2D eigenvalue weighted by atomic mass is 32.2. The molecule has 1 fully saturated rings. The molecule has 6 heteroatoms. The smallest absolute Gasteiger partial charge is 0.241 e. The van der Waals surface area contributed by atoms with Crippen molar-refractivity contribution >= 4 is 10.0 Å². The predicted octanol–water partition coefficient (Wildman–Crippen LogP) is 0.275. The number of rotatable bonds is 5. The molecule has 0 saturated carbocycles. The van der Waals surface area contributed by atoms with E-state index in [1.165, 1.54) is 4.90 Å². The van der Waals surface area contributed by atoms with E-state index < -0.39 is 10.0 Å². The molecule has 1 aliphatic rings. The van der Waals surface area contributed by atoms with E-state index in [1.54, 1.807) is 6.07 Å². The molecule has 2 rings (SSSR count). The zero-order valence-electron chi connectivity index (χ0n) is 13.9. The first-order valence-electron chi connectivity index (χ1n) is 7.72. The summed E-state index contributed by atoms with van der Waals surface area (Å²) in [5.74, 6) is 0. The van der Waals surface area contributed by atoms with Crippen molar-refractivity contribution in [2.75, 3.05) is 32.8 Å². The van der Waals surface area contributed by atoms with E-state index in [0.29, 0.717) is 11.4 Å². The minimum atomic E-state index is -3.48. The van der Waals surface area contributed by atoms with Crippen LogP contribution in [-0.4, -0.2) is 46.8 Å². The Labute approximate surface area is 133 Å².